The Morgan fingerprint density at radius 2 is 1.65 bits per heavy atom. The molecule has 0 atom stereocenters. The zero-order valence-corrected chi connectivity index (χ0v) is 10.6. The normalized spacial score (nSPS) is 17.0. The van der Waals surface area contributed by atoms with Crippen molar-refractivity contribution in [3.63, 3.8) is 0 Å². The van der Waals surface area contributed by atoms with Crippen LogP contribution in [0, 0.1) is 0 Å². The number of carbonyl (C=O) groups is 2. The van der Waals surface area contributed by atoms with Crippen molar-refractivity contribution in [2.24, 2.45) is 0 Å². The molecule has 20 heavy (non-hydrogen) atoms. The van der Waals surface area contributed by atoms with E-state index >= 15 is 0 Å². The molecule has 0 aromatic rings. The van der Waals surface area contributed by atoms with Crippen LogP contribution in [-0.2, 0) is 9.59 Å². The summed E-state index contributed by atoms with van der Waals surface area (Å²) >= 11 is 0. The number of halogens is 5. The molecule has 10 heteroatoms. The Hall–Kier alpha value is -1.45. The van der Waals surface area contributed by atoms with Crippen molar-refractivity contribution in [1.29, 1.82) is 0 Å². The molecule has 1 fully saturated rings. The molecule has 0 radical (unpaired) electrons. The van der Waals surface area contributed by atoms with Crippen LogP contribution in [0.2, 0.25) is 0 Å². The lowest BCUT2D eigenvalue weighted by molar-refractivity contribution is -0.273. The molecule has 0 bridgehead atoms. The fourth-order valence-corrected chi connectivity index (χ4v) is 1.65. The van der Waals surface area contributed by atoms with Crippen molar-refractivity contribution in [2.45, 2.75) is 12.1 Å². The van der Waals surface area contributed by atoms with Crippen LogP contribution < -0.4 is 5.32 Å². The Balaban J connectivity index is 2.63. The molecule has 0 aliphatic carbocycles. The van der Waals surface area contributed by atoms with Crippen LogP contribution in [0.5, 0.6) is 0 Å². The van der Waals surface area contributed by atoms with E-state index in [4.69, 9.17) is 0 Å². The van der Waals surface area contributed by atoms with Gasteiger partial charge in [-0.05, 0) is 0 Å². The third kappa shape index (κ3) is 3.56. The van der Waals surface area contributed by atoms with Crippen LogP contribution >= 0.6 is 0 Å². The fraction of sp³-hybridized carbons (Fsp3) is 0.800. The van der Waals surface area contributed by atoms with E-state index in [0.29, 0.717) is 26.2 Å². The number of nitrogens with one attached hydrogen (secondary N) is 1. The molecule has 0 aromatic heterocycles. The van der Waals surface area contributed by atoms with E-state index in [9.17, 15) is 31.5 Å². The quantitative estimate of drug-likeness (QED) is 0.751. The Labute approximate surface area is 111 Å². The van der Waals surface area contributed by atoms with Gasteiger partial charge in [-0.25, -0.2) is 0 Å². The molecule has 1 aliphatic heterocycles. The monoisotopic (exact) mass is 303 g/mol. The first-order valence-corrected chi connectivity index (χ1v) is 5.76. The first-order valence-electron chi connectivity index (χ1n) is 5.76. The highest BCUT2D eigenvalue weighted by molar-refractivity contribution is 5.89. The van der Waals surface area contributed by atoms with E-state index in [1.165, 1.54) is 4.90 Å². The highest BCUT2D eigenvalue weighted by Crippen LogP contribution is 2.36. The van der Waals surface area contributed by atoms with Crippen molar-refractivity contribution < 1.29 is 31.5 Å². The molecule has 0 saturated carbocycles. The number of rotatable bonds is 3. The average Bonchev–Trinajstić information content (AvgIpc) is 2.37. The standard InChI is InChI=1S/C10H14F5N3O2/c1-17(8(20)9(11,12)10(13,14)15)6-7(19)18-4-2-16-3-5-18/h16H,2-6H2,1H3. The van der Waals surface area contributed by atoms with Crippen LogP contribution in [0.4, 0.5) is 22.0 Å². The number of carbonyl (C=O) groups excluding carboxylic acids is 2. The number of piperazine rings is 1. The first kappa shape index (κ1) is 16.6. The summed E-state index contributed by atoms with van der Waals surface area (Å²) in [6, 6.07) is 0. The van der Waals surface area contributed by atoms with E-state index in [0.717, 1.165) is 7.05 Å². The van der Waals surface area contributed by atoms with Gasteiger partial charge in [0.15, 0.2) is 0 Å². The van der Waals surface area contributed by atoms with Crippen LogP contribution in [-0.4, -0.2) is 73.5 Å². The summed E-state index contributed by atoms with van der Waals surface area (Å²) in [6.07, 6.45) is -5.98. The summed E-state index contributed by atoms with van der Waals surface area (Å²) in [5.74, 6) is -8.60. The average molecular weight is 303 g/mol. The molecule has 0 spiro atoms. The van der Waals surface area contributed by atoms with Gasteiger partial charge in [0.1, 0.15) is 0 Å². The molecule has 1 aliphatic rings. The van der Waals surface area contributed by atoms with Crippen LogP contribution in [0.15, 0.2) is 0 Å². The molecule has 1 saturated heterocycles. The number of likely N-dealkylation sites (N-methyl/N-ethyl adjacent to an activating group) is 1. The Bertz CT molecular complexity index is 380. The van der Waals surface area contributed by atoms with E-state index in [2.05, 4.69) is 5.32 Å². The lowest BCUT2D eigenvalue weighted by atomic mass is 10.2. The van der Waals surface area contributed by atoms with Crippen molar-refractivity contribution >= 4 is 11.8 Å². The number of hydrogen-bond donors (Lipinski definition) is 1. The number of nitrogens with zero attached hydrogens (tertiary/aromatic N) is 2. The number of amides is 2. The third-order valence-electron chi connectivity index (χ3n) is 2.81. The molecule has 0 aromatic carbocycles. The second-order valence-electron chi connectivity index (χ2n) is 4.36. The Morgan fingerprint density at radius 3 is 2.10 bits per heavy atom. The van der Waals surface area contributed by atoms with Gasteiger partial charge in [0.2, 0.25) is 5.91 Å². The third-order valence-corrected chi connectivity index (χ3v) is 2.81. The molecule has 1 rings (SSSR count). The van der Waals surface area contributed by atoms with Crippen molar-refractivity contribution in [3.05, 3.63) is 0 Å². The van der Waals surface area contributed by atoms with Gasteiger partial charge >= 0.3 is 18.0 Å². The summed E-state index contributed by atoms with van der Waals surface area (Å²) in [5, 5.41) is 2.95. The largest absolute Gasteiger partial charge is 0.463 e. The van der Waals surface area contributed by atoms with E-state index in [1.807, 2.05) is 0 Å². The molecule has 1 N–H and O–H groups in total. The predicted octanol–water partition coefficient (Wildman–Crippen LogP) is 0.0742. The molecule has 0 unspecified atom stereocenters. The van der Waals surface area contributed by atoms with Crippen LogP contribution in [0.1, 0.15) is 0 Å². The molecular weight excluding hydrogens is 289 g/mol. The zero-order chi connectivity index (χ0) is 15.6. The second-order valence-corrected chi connectivity index (χ2v) is 4.36. The maximum Gasteiger partial charge on any atom is 0.463 e. The Morgan fingerprint density at radius 1 is 1.15 bits per heavy atom. The van der Waals surface area contributed by atoms with Gasteiger partial charge in [0, 0.05) is 33.2 Å². The van der Waals surface area contributed by atoms with Gasteiger partial charge in [-0.15, -0.1) is 0 Å². The first-order chi connectivity index (χ1) is 9.07. The highest BCUT2D eigenvalue weighted by Gasteiger charge is 2.64. The maximum absolute atomic E-state index is 12.8. The SMILES string of the molecule is CN(CC(=O)N1CCNCC1)C(=O)C(F)(F)C(F)(F)F. The minimum atomic E-state index is -5.98. The van der Waals surface area contributed by atoms with Gasteiger partial charge in [0.05, 0.1) is 6.54 Å². The van der Waals surface area contributed by atoms with Crippen molar-refractivity contribution in [1.82, 2.24) is 15.1 Å². The summed E-state index contributed by atoms with van der Waals surface area (Å²) < 4.78 is 61.7. The van der Waals surface area contributed by atoms with E-state index in [-0.39, 0.29) is 4.90 Å². The number of hydrogen-bond acceptors (Lipinski definition) is 3. The summed E-state index contributed by atoms with van der Waals surface area (Å²) in [4.78, 5) is 24.2. The topological polar surface area (TPSA) is 52.7 Å². The molecule has 116 valence electrons. The van der Waals surface area contributed by atoms with Crippen molar-refractivity contribution in [2.75, 3.05) is 39.8 Å². The number of alkyl halides is 5. The van der Waals surface area contributed by atoms with Crippen LogP contribution in [0.25, 0.3) is 0 Å². The van der Waals surface area contributed by atoms with Gasteiger partial charge in [0.25, 0.3) is 0 Å². The Kier molecular flexibility index (Phi) is 4.90. The lowest BCUT2D eigenvalue weighted by Crippen LogP contribution is -2.54. The molecule has 5 nitrogen and oxygen atoms in total. The molecule has 2 amide bonds. The van der Waals surface area contributed by atoms with Crippen LogP contribution in [0.3, 0.4) is 0 Å². The van der Waals surface area contributed by atoms with E-state index < -0.39 is 30.5 Å². The van der Waals surface area contributed by atoms with Gasteiger partial charge in [-0.3, -0.25) is 9.59 Å². The van der Waals surface area contributed by atoms with Gasteiger partial charge in [-0.1, -0.05) is 0 Å². The van der Waals surface area contributed by atoms with Crippen molar-refractivity contribution in [3.8, 4) is 0 Å². The zero-order valence-electron chi connectivity index (χ0n) is 10.6. The fourth-order valence-electron chi connectivity index (χ4n) is 1.65. The second kappa shape index (κ2) is 5.90. The molecule has 1 heterocycles. The summed E-state index contributed by atoms with van der Waals surface area (Å²) in [6.45, 7) is 0.821. The van der Waals surface area contributed by atoms with Gasteiger partial charge < -0.3 is 15.1 Å². The summed E-state index contributed by atoms with van der Waals surface area (Å²) in [7, 11) is 0.738. The lowest BCUT2D eigenvalue weighted by Gasteiger charge is -2.30. The maximum atomic E-state index is 12.8. The highest BCUT2D eigenvalue weighted by atomic mass is 19.4. The summed E-state index contributed by atoms with van der Waals surface area (Å²) in [5.41, 5.74) is 0. The predicted molar refractivity (Wildman–Crippen MR) is 58.1 cm³/mol. The smallest absolute Gasteiger partial charge is 0.339 e. The van der Waals surface area contributed by atoms with Gasteiger partial charge in [-0.2, -0.15) is 22.0 Å². The minimum Gasteiger partial charge on any atom is -0.339 e. The van der Waals surface area contributed by atoms with E-state index in [1.54, 1.807) is 0 Å². The molecular formula is C10H14F5N3O2. The minimum absolute atomic E-state index is 0.0951.